The zero-order valence-electron chi connectivity index (χ0n) is 16.3. The zero-order chi connectivity index (χ0) is 20.1. The second-order valence-electron chi connectivity index (χ2n) is 7.30. The number of carbonyl (C=O) groups is 3. The first kappa shape index (κ1) is 18.4. The Morgan fingerprint density at radius 2 is 1.86 bits per heavy atom. The van der Waals surface area contributed by atoms with E-state index in [1.165, 1.54) is 0 Å². The van der Waals surface area contributed by atoms with Gasteiger partial charge in [0, 0.05) is 12.8 Å². The van der Waals surface area contributed by atoms with Crippen LogP contribution in [0.25, 0.3) is 6.08 Å². The van der Waals surface area contributed by atoms with Crippen molar-refractivity contribution in [2.75, 3.05) is 24.7 Å². The maximum atomic E-state index is 12.9. The molecule has 0 atom stereocenters. The van der Waals surface area contributed by atoms with Crippen LogP contribution in [0, 0.1) is 6.92 Å². The van der Waals surface area contributed by atoms with E-state index in [0.717, 1.165) is 29.9 Å². The van der Waals surface area contributed by atoms with E-state index in [1.807, 2.05) is 24.0 Å². The van der Waals surface area contributed by atoms with E-state index in [9.17, 15) is 14.4 Å². The largest absolute Gasteiger partial charge is 0.367 e. The Hall–Kier alpha value is -3.00. The smallest absolute Gasteiger partial charge is 0.325 e. The summed E-state index contributed by atoms with van der Waals surface area (Å²) in [6.07, 6.45) is 1.85. The molecule has 3 heterocycles. The predicted octanol–water partition coefficient (Wildman–Crippen LogP) is 1.95. The van der Waals surface area contributed by atoms with E-state index in [4.69, 9.17) is 9.94 Å². The second-order valence-corrected chi connectivity index (χ2v) is 7.30. The zero-order valence-corrected chi connectivity index (χ0v) is 16.3. The van der Waals surface area contributed by atoms with E-state index in [2.05, 4.69) is 19.9 Å². The third-order valence-corrected chi connectivity index (χ3v) is 5.56. The van der Waals surface area contributed by atoms with Crippen LogP contribution in [-0.4, -0.2) is 53.0 Å². The molecule has 1 aromatic rings. The van der Waals surface area contributed by atoms with Crippen LogP contribution in [0.3, 0.4) is 0 Å². The number of fused-ring (bicyclic) bond motifs is 3. The highest BCUT2D eigenvalue weighted by molar-refractivity contribution is 6.30. The van der Waals surface area contributed by atoms with Gasteiger partial charge in [-0.15, -0.1) is 5.06 Å². The highest BCUT2D eigenvalue weighted by atomic mass is 16.7. The summed E-state index contributed by atoms with van der Waals surface area (Å²) in [4.78, 5) is 43.8. The minimum absolute atomic E-state index is 0.0615. The summed E-state index contributed by atoms with van der Waals surface area (Å²) in [7, 11) is 0. The molecule has 0 radical (unpaired) electrons. The van der Waals surface area contributed by atoms with Crippen LogP contribution in [0.2, 0.25) is 0 Å². The summed E-state index contributed by atoms with van der Waals surface area (Å²) < 4.78 is 0.467. The molecular formula is C20H23N4O4+. The molecule has 0 saturated carbocycles. The van der Waals surface area contributed by atoms with Gasteiger partial charge in [-0.25, -0.2) is 4.79 Å². The SMILES string of the molecule is CC[N+]1(CC)CN2C(=N1)C(C(=O)ON1C(=O)CCC1=O)=Cc1ccc(C)cc12. The Morgan fingerprint density at radius 1 is 1.18 bits per heavy atom. The molecule has 28 heavy (non-hydrogen) atoms. The molecule has 0 bridgehead atoms. The summed E-state index contributed by atoms with van der Waals surface area (Å²) in [5, 5.41) is 5.42. The van der Waals surface area contributed by atoms with Crippen molar-refractivity contribution in [2.24, 2.45) is 5.10 Å². The van der Waals surface area contributed by atoms with Gasteiger partial charge in [-0.2, -0.15) is 4.59 Å². The number of amidine groups is 1. The lowest BCUT2D eigenvalue weighted by Gasteiger charge is -2.29. The number of amides is 2. The average molecular weight is 383 g/mol. The first-order valence-corrected chi connectivity index (χ1v) is 9.52. The molecule has 0 spiro atoms. The summed E-state index contributed by atoms with van der Waals surface area (Å²) in [5.41, 5.74) is 3.24. The summed E-state index contributed by atoms with van der Waals surface area (Å²) >= 11 is 0. The minimum atomic E-state index is -0.745. The molecule has 8 nitrogen and oxygen atoms in total. The number of hydroxylamine groups is 2. The monoisotopic (exact) mass is 383 g/mol. The predicted molar refractivity (Wildman–Crippen MR) is 102 cm³/mol. The number of benzene rings is 1. The summed E-state index contributed by atoms with van der Waals surface area (Å²) in [6.45, 7) is 8.32. The third kappa shape index (κ3) is 2.80. The maximum Gasteiger partial charge on any atom is 0.367 e. The third-order valence-electron chi connectivity index (χ3n) is 5.56. The van der Waals surface area contributed by atoms with Gasteiger partial charge in [0.05, 0.1) is 5.69 Å². The summed E-state index contributed by atoms with van der Waals surface area (Å²) in [6, 6.07) is 6.00. The normalized spacial score (nSPS) is 20.0. The number of aryl methyl sites for hydroxylation is 1. The van der Waals surface area contributed by atoms with Gasteiger partial charge in [-0.05, 0) is 44.0 Å². The van der Waals surface area contributed by atoms with Gasteiger partial charge in [0.2, 0.25) is 5.84 Å². The number of nitrogens with zero attached hydrogens (tertiary/aromatic N) is 4. The van der Waals surface area contributed by atoms with E-state index < -0.39 is 17.8 Å². The molecule has 1 saturated heterocycles. The first-order valence-electron chi connectivity index (χ1n) is 9.52. The van der Waals surface area contributed by atoms with Crippen LogP contribution in [-0.2, 0) is 19.2 Å². The van der Waals surface area contributed by atoms with Crippen molar-refractivity contribution in [3.05, 3.63) is 34.9 Å². The lowest BCUT2D eigenvalue weighted by atomic mass is 10.0. The molecule has 146 valence electrons. The van der Waals surface area contributed by atoms with Gasteiger partial charge in [0.15, 0.2) is 6.67 Å². The van der Waals surface area contributed by atoms with Crippen LogP contribution in [0.5, 0.6) is 0 Å². The highest BCUT2D eigenvalue weighted by Gasteiger charge is 2.45. The minimum Gasteiger partial charge on any atom is -0.325 e. The summed E-state index contributed by atoms with van der Waals surface area (Å²) in [5.74, 6) is -1.22. The maximum absolute atomic E-state index is 12.9. The molecular weight excluding hydrogens is 360 g/mol. The van der Waals surface area contributed by atoms with Crippen LogP contribution < -0.4 is 4.90 Å². The van der Waals surface area contributed by atoms with Crippen LogP contribution in [0.1, 0.15) is 37.8 Å². The van der Waals surface area contributed by atoms with E-state index in [-0.39, 0.29) is 18.4 Å². The molecule has 3 aliphatic heterocycles. The van der Waals surface area contributed by atoms with Crippen molar-refractivity contribution < 1.29 is 23.8 Å². The number of quaternary nitrogens is 1. The molecule has 0 unspecified atom stereocenters. The number of rotatable bonds is 4. The standard InChI is InChI=1S/C20H23N4O4/c1-4-24(5-2)12-22-16-10-13(3)6-7-14(16)11-15(19(22)21-24)20(27)28-23-17(25)8-9-18(23)26/h6-7,10-11H,4-5,8-9,12H2,1-3H3/q+1. The van der Waals surface area contributed by atoms with Crippen molar-refractivity contribution in [3.63, 3.8) is 0 Å². The average Bonchev–Trinajstić information content (AvgIpc) is 3.23. The topological polar surface area (TPSA) is 79.3 Å². The van der Waals surface area contributed by atoms with Crippen LogP contribution in [0.4, 0.5) is 5.69 Å². The first-order chi connectivity index (χ1) is 13.4. The van der Waals surface area contributed by atoms with E-state index in [1.54, 1.807) is 6.08 Å². The molecule has 8 heteroatoms. The van der Waals surface area contributed by atoms with Crippen molar-refractivity contribution in [1.82, 2.24) is 5.06 Å². The fourth-order valence-corrected chi connectivity index (χ4v) is 3.74. The van der Waals surface area contributed by atoms with Crippen molar-refractivity contribution >= 4 is 35.4 Å². The lowest BCUT2D eigenvalue weighted by Crippen LogP contribution is -2.46. The molecule has 3 aliphatic rings. The molecule has 0 aliphatic carbocycles. The number of anilines is 1. The Kier molecular flexibility index (Phi) is 4.30. The van der Waals surface area contributed by atoms with Crippen molar-refractivity contribution in [1.29, 1.82) is 0 Å². The molecule has 4 rings (SSSR count). The van der Waals surface area contributed by atoms with Gasteiger partial charge in [-0.3, -0.25) is 14.5 Å². The quantitative estimate of drug-likeness (QED) is 0.587. The number of imide groups is 1. The molecule has 2 amide bonds. The van der Waals surface area contributed by atoms with E-state index in [0.29, 0.717) is 22.2 Å². The Labute approximate surface area is 163 Å². The van der Waals surface area contributed by atoms with Gasteiger partial charge in [0.25, 0.3) is 11.8 Å². The van der Waals surface area contributed by atoms with Crippen LogP contribution >= 0.6 is 0 Å². The van der Waals surface area contributed by atoms with Gasteiger partial charge in [0.1, 0.15) is 18.7 Å². The Morgan fingerprint density at radius 3 is 2.50 bits per heavy atom. The Balaban J connectivity index is 1.76. The van der Waals surface area contributed by atoms with Gasteiger partial charge in [-0.1, -0.05) is 17.2 Å². The highest BCUT2D eigenvalue weighted by Crippen LogP contribution is 2.36. The number of carbonyl (C=O) groups excluding carboxylic acids is 3. The van der Waals surface area contributed by atoms with Gasteiger partial charge < -0.3 is 4.84 Å². The van der Waals surface area contributed by atoms with E-state index >= 15 is 0 Å². The molecule has 1 aromatic carbocycles. The van der Waals surface area contributed by atoms with Crippen molar-refractivity contribution in [3.8, 4) is 0 Å². The van der Waals surface area contributed by atoms with Crippen LogP contribution in [0.15, 0.2) is 28.9 Å². The fraction of sp³-hybridized carbons (Fsp3) is 0.400. The molecule has 0 N–H and O–H groups in total. The molecule has 1 fully saturated rings. The molecule has 0 aromatic heterocycles. The second kappa shape index (κ2) is 6.56. The van der Waals surface area contributed by atoms with Crippen molar-refractivity contribution in [2.45, 2.75) is 33.6 Å². The number of hydrogen-bond acceptors (Lipinski definition) is 6. The Bertz CT molecular complexity index is 930. The number of hydrogen-bond donors (Lipinski definition) is 0. The fourth-order valence-electron chi connectivity index (χ4n) is 3.74. The van der Waals surface area contributed by atoms with Gasteiger partial charge >= 0.3 is 5.97 Å². The lowest BCUT2D eigenvalue weighted by molar-refractivity contribution is -0.925.